The first-order chi connectivity index (χ1) is 10.1. The zero-order valence-corrected chi connectivity index (χ0v) is 12.7. The Bertz CT molecular complexity index is 506. The van der Waals surface area contributed by atoms with Crippen molar-refractivity contribution in [3.05, 3.63) is 35.4 Å². The fraction of sp³-hybridized carbons (Fsp3) is 0.588. The summed E-state index contributed by atoms with van der Waals surface area (Å²) in [6, 6.07) is 8.53. The second kappa shape index (κ2) is 5.78. The highest BCUT2D eigenvalue weighted by Crippen LogP contribution is 2.37. The van der Waals surface area contributed by atoms with Crippen molar-refractivity contribution in [3.8, 4) is 0 Å². The van der Waals surface area contributed by atoms with E-state index in [0.29, 0.717) is 19.8 Å². The molecule has 4 heteroatoms. The van der Waals surface area contributed by atoms with Gasteiger partial charge in [0.25, 0.3) is 0 Å². The maximum Gasteiger partial charge on any atom is 0.233 e. The number of benzene rings is 1. The highest BCUT2D eigenvalue weighted by molar-refractivity contribution is 5.88. The number of nitrogens with two attached hydrogens (primary N) is 1. The molecule has 2 N–H and O–H groups in total. The Hall–Kier alpha value is -1.39. The molecule has 21 heavy (non-hydrogen) atoms. The predicted octanol–water partition coefficient (Wildman–Crippen LogP) is 1.60. The van der Waals surface area contributed by atoms with Gasteiger partial charge in [-0.1, -0.05) is 29.8 Å². The minimum atomic E-state index is -0.421. The quantitative estimate of drug-likeness (QED) is 0.899. The predicted molar refractivity (Wildman–Crippen MR) is 82.1 cm³/mol. The number of aryl methyl sites for hydroxylation is 1. The lowest BCUT2D eigenvalue weighted by Gasteiger charge is -2.39. The van der Waals surface area contributed by atoms with E-state index in [1.807, 2.05) is 4.90 Å². The first-order valence-electron chi connectivity index (χ1n) is 7.82. The summed E-state index contributed by atoms with van der Waals surface area (Å²) in [4.78, 5) is 15.1. The van der Waals surface area contributed by atoms with E-state index in [2.05, 4.69) is 31.2 Å². The summed E-state index contributed by atoms with van der Waals surface area (Å²) >= 11 is 0. The fourth-order valence-electron chi connectivity index (χ4n) is 3.49. The number of amides is 1. The molecule has 0 unspecified atom stereocenters. The Balaban J connectivity index is 1.92. The van der Waals surface area contributed by atoms with Gasteiger partial charge in [-0.15, -0.1) is 0 Å². The molecule has 114 valence electrons. The van der Waals surface area contributed by atoms with E-state index in [0.717, 1.165) is 31.4 Å². The highest BCUT2D eigenvalue weighted by Gasteiger charge is 2.45. The molecule has 2 fully saturated rings. The van der Waals surface area contributed by atoms with Gasteiger partial charge in [0.1, 0.15) is 0 Å². The van der Waals surface area contributed by atoms with Crippen molar-refractivity contribution >= 4 is 5.91 Å². The molecule has 1 amide bonds. The number of ether oxygens (including phenoxy) is 1. The minimum absolute atomic E-state index is 0.129. The summed E-state index contributed by atoms with van der Waals surface area (Å²) in [5, 5.41) is 0. The molecule has 2 saturated heterocycles. The summed E-state index contributed by atoms with van der Waals surface area (Å²) in [5.41, 5.74) is 7.90. The normalized spacial score (nSPS) is 25.0. The molecule has 0 spiro atoms. The van der Waals surface area contributed by atoms with Crippen LogP contribution in [0.25, 0.3) is 0 Å². The van der Waals surface area contributed by atoms with E-state index < -0.39 is 5.41 Å². The van der Waals surface area contributed by atoms with Gasteiger partial charge in [0.05, 0.1) is 5.41 Å². The molecule has 0 bridgehead atoms. The number of hydrogen-bond acceptors (Lipinski definition) is 3. The summed E-state index contributed by atoms with van der Waals surface area (Å²) in [5.74, 6) is 0.239. The van der Waals surface area contributed by atoms with Crippen LogP contribution in [0.1, 0.15) is 30.4 Å². The first-order valence-corrected chi connectivity index (χ1v) is 7.82. The van der Waals surface area contributed by atoms with Crippen molar-refractivity contribution < 1.29 is 9.53 Å². The highest BCUT2D eigenvalue weighted by atomic mass is 16.5. The van der Waals surface area contributed by atoms with Crippen LogP contribution in [-0.4, -0.2) is 43.2 Å². The largest absolute Gasteiger partial charge is 0.381 e. The third kappa shape index (κ3) is 2.70. The molecule has 0 saturated carbocycles. The lowest BCUT2D eigenvalue weighted by molar-refractivity contribution is -0.140. The van der Waals surface area contributed by atoms with Gasteiger partial charge in [0, 0.05) is 32.3 Å². The van der Waals surface area contributed by atoms with Crippen LogP contribution in [0.4, 0.5) is 0 Å². The maximum absolute atomic E-state index is 13.2. The molecule has 0 aliphatic carbocycles. The van der Waals surface area contributed by atoms with Gasteiger partial charge < -0.3 is 15.4 Å². The standard InChI is InChI=1S/C17H24N2O2/c1-13-2-4-14(5-3-13)17(7-10-21-11-8-17)16(20)19-9-6-15(18)12-19/h2-5,15H,6-12,18H2,1H3/t15-/m1/s1. The SMILES string of the molecule is Cc1ccc(C2(C(=O)N3CC[C@@H](N)C3)CCOCC2)cc1. The third-order valence-corrected chi connectivity index (χ3v) is 4.87. The molecule has 1 aromatic rings. The van der Waals surface area contributed by atoms with Crippen LogP contribution in [0.2, 0.25) is 0 Å². The van der Waals surface area contributed by atoms with Crippen molar-refractivity contribution in [2.75, 3.05) is 26.3 Å². The second-order valence-corrected chi connectivity index (χ2v) is 6.36. The Morgan fingerprint density at radius 2 is 1.95 bits per heavy atom. The zero-order valence-electron chi connectivity index (χ0n) is 12.7. The van der Waals surface area contributed by atoms with Gasteiger partial charge in [-0.25, -0.2) is 0 Å². The van der Waals surface area contributed by atoms with Crippen molar-refractivity contribution in [1.82, 2.24) is 4.90 Å². The molecule has 3 rings (SSSR count). The number of nitrogens with zero attached hydrogens (tertiary/aromatic N) is 1. The molecular weight excluding hydrogens is 264 g/mol. The van der Waals surface area contributed by atoms with Crippen LogP contribution in [-0.2, 0) is 14.9 Å². The number of carbonyl (C=O) groups excluding carboxylic acids is 1. The maximum atomic E-state index is 13.2. The van der Waals surface area contributed by atoms with Crippen LogP contribution in [0.15, 0.2) is 24.3 Å². The van der Waals surface area contributed by atoms with E-state index in [1.165, 1.54) is 5.56 Å². The fourth-order valence-corrected chi connectivity index (χ4v) is 3.49. The topological polar surface area (TPSA) is 55.6 Å². The molecule has 2 aliphatic heterocycles. The van der Waals surface area contributed by atoms with E-state index in [4.69, 9.17) is 10.5 Å². The molecule has 4 nitrogen and oxygen atoms in total. The molecule has 0 radical (unpaired) electrons. The van der Waals surface area contributed by atoms with Crippen molar-refractivity contribution in [1.29, 1.82) is 0 Å². The Morgan fingerprint density at radius 1 is 1.29 bits per heavy atom. The summed E-state index contributed by atoms with van der Waals surface area (Å²) in [6.07, 6.45) is 2.44. The summed E-state index contributed by atoms with van der Waals surface area (Å²) < 4.78 is 5.51. The van der Waals surface area contributed by atoms with Crippen LogP contribution < -0.4 is 5.73 Å². The zero-order chi connectivity index (χ0) is 14.9. The summed E-state index contributed by atoms with van der Waals surface area (Å²) in [6.45, 7) is 4.85. The molecule has 2 heterocycles. The van der Waals surface area contributed by atoms with Gasteiger partial charge in [-0.05, 0) is 31.7 Å². The first kappa shape index (κ1) is 14.5. The average molecular weight is 288 g/mol. The number of carbonyl (C=O) groups is 1. The van der Waals surface area contributed by atoms with Crippen molar-refractivity contribution in [3.63, 3.8) is 0 Å². The van der Waals surface area contributed by atoms with Gasteiger partial charge >= 0.3 is 0 Å². The van der Waals surface area contributed by atoms with E-state index in [-0.39, 0.29) is 11.9 Å². The molecule has 0 aromatic heterocycles. The lowest BCUT2D eigenvalue weighted by atomic mass is 9.73. The van der Waals surface area contributed by atoms with Crippen molar-refractivity contribution in [2.24, 2.45) is 5.73 Å². The van der Waals surface area contributed by atoms with Gasteiger partial charge in [-0.3, -0.25) is 4.79 Å². The molecular formula is C17H24N2O2. The van der Waals surface area contributed by atoms with Crippen LogP contribution in [0, 0.1) is 6.92 Å². The Kier molecular flexibility index (Phi) is 4.00. The van der Waals surface area contributed by atoms with E-state index in [9.17, 15) is 4.79 Å². The Labute approximate surface area is 126 Å². The van der Waals surface area contributed by atoms with Gasteiger partial charge in [0.2, 0.25) is 5.91 Å². The number of likely N-dealkylation sites (tertiary alicyclic amines) is 1. The lowest BCUT2D eigenvalue weighted by Crippen LogP contribution is -2.49. The van der Waals surface area contributed by atoms with Crippen LogP contribution in [0.3, 0.4) is 0 Å². The molecule has 1 aromatic carbocycles. The van der Waals surface area contributed by atoms with E-state index in [1.54, 1.807) is 0 Å². The second-order valence-electron chi connectivity index (χ2n) is 6.36. The number of hydrogen-bond donors (Lipinski definition) is 1. The van der Waals surface area contributed by atoms with Gasteiger partial charge in [-0.2, -0.15) is 0 Å². The molecule has 2 aliphatic rings. The molecule has 1 atom stereocenters. The Morgan fingerprint density at radius 3 is 2.52 bits per heavy atom. The summed E-state index contributed by atoms with van der Waals surface area (Å²) in [7, 11) is 0. The van der Waals surface area contributed by atoms with Crippen LogP contribution >= 0.6 is 0 Å². The van der Waals surface area contributed by atoms with E-state index >= 15 is 0 Å². The monoisotopic (exact) mass is 288 g/mol. The smallest absolute Gasteiger partial charge is 0.233 e. The number of rotatable bonds is 2. The minimum Gasteiger partial charge on any atom is -0.381 e. The third-order valence-electron chi connectivity index (χ3n) is 4.87. The van der Waals surface area contributed by atoms with Crippen LogP contribution in [0.5, 0.6) is 0 Å². The average Bonchev–Trinajstić information content (AvgIpc) is 2.94. The van der Waals surface area contributed by atoms with Crippen molar-refractivity contribution in [2.45, 2.75) is 37.6 Å². The van der Waals surface area contributed by atoms with Gasteiger partial charge in [0.15, 0.2) is 0 Å².